The van der Waals surface area contributed by atoms with Crippen LogP contribution in [0.1, 0.15) is 65.6 Å². The van der Waals surface area contributed by atoms with Crippen molar-refractivity contribution in [2.45, 2.75) is 51.4 Å². The van der Waals surface area contributed by atoms with Gasteiger partial charge in [0, 0.05) is 12.0 Å². The monoisotopic (exact) mass is 500 g/mol. The summed E-state index contributed by atoms with van der Waals surface area (Å²) in [7, 11) is 0. The number of carboxylic acid groups (broad SMARTS) is 2. The second-order valence-corrected chi connectivity index (χ2v) is 9.29. The van der Waals surface area contributed by atoms with Crippen LogP contribution in [0.4, 0.5) is 0 Å². The zero-order valence-corrected chi connectivity index (χ0v) is 21.2. The van der Waals surface area contributed by atoms with Crippen molar-refractivity contribution in [2.75, 3.05) is 6.61 Å². The van der Waals surface area contributed by atoms with Gasteiger partial charge in [0.25, 0.3) is 0 Å². The summed E-state index contributed by atoms with van der Waals surface area (Å²) >= 11 is 0. The Morgan fingerprint density at radius 3 is 2.24 bits per heavy atom. The molecule has 0 aliphatic carbocycles. The third-order valence-electron chi connectivity index (χ3n) is 6.34. The van der Waals surface area contributed by atoms with Gasteiger partial charge in [-0.2, -0.15) is 0 Å². The van der Waals surface area contributed by atoms with Crippen LogP contribution in [0.25, 0.3) is 6.08 Å². The molecule has 0 amide bonds. The van der Waals surface area contributed by atoms with Gasteiger partial charge in [0.05, 0.1) is 12.2 Å². The summed E-state index contributed by atoms with van der Waals surface area (Å²) in [5, 5.41) is 18.2. The Kier molecular flexibility index (Phi) is 11.5. The molecule has 3 aromatic carbocycles. The maximum Gasteiger partial charge on any atom is 0.335 e. The third kappa shape index (κ3) is 10.3. The van der Waals surface area contributed by atoms with E-state index in [0.29, 0.717) is 19.4 Å². The molecule has 0 heterocycles. The Morgan fingerprint density at radius 2 is 1.51 bits per heavy atom. The lowest BCUT2D eigenvalue weighted by Gasteiger charge is -2.14. The van der Waals surface area contributed by atoms with E-state index in [-0.39, 0.29) is 17.9 Å². The van der Waals surface area contributed by atoms with Crippen molar-refractivity contribution in [3.8, 4) is 5.75 Å². The fraction of sp³-hybridized carbons (Fsp3) is 0.312. The van der Waals surface area contributed by atoms with Crippen molar-refractivity contribution in [3.63, 3.8) is 0 Å². The van der Waals surface area contributed by atoms with Gasteiger partial charge in [-0.15, -0.1) is 0 Å². The van der Waals surface area contributed by atoms with E-state index in [0.717, 1.165) is 49.0 Å². The van der Waals surface area contributed by atoms with Gasteiger partial charge in [0.15, 0.2) is 0 Å². The van der Waals surface area contributed by atoms with Gasteiger partial charge in [-0.25, -0.2) is 4.79 Å². The van der Waals surface area contributed by atoms with Crippen LogP contribution in [0.5, 0.6) is 5.75 Å². The molecule has 0 radical (unpaired) electrons. The highest BCUT2D eigenvalue weighted by molar-refractivity contribution is 5.87. The van der Waals surface area contributed by atoms with Crippen molar-refractivity contribution >= 4 is 18.0 Å². The minimum Gasteiger partial charge on any atom is -0.493 e. The molecule has 1 atom stereocenters. The highest BCUT2D eigenvalue weighted by Gasteiger charge is 2.10. The number of benzene rings is 3. The van der Waals surface area contributed by atoms with Gasteiger partial charge in [-0.1, -0.05) is 72.8 Å². The van der Waals surface area contributed by atoms with Gasteiger partial charge >= 0.3 is 11.9 Å². The van der Waals surface area contributed by atoms with Crippen LogP contribution in [-0.4, -0.2) is 28.8 Å². The highest BCUT2D eigenvalue weighted by Crippen LogP contribution is 2.24. The van der Waals surface area contributed by atoms with Gasteiger partial charge in [-0.3, -0.25) is 4.79 Å². The summed E-state index contributed by atoms with van der Waals surface area (Å²) in [6.45, 7) is 0.664. The van der Waals surface area contributed by atoms with E-state index in [1.807, 2.05) is 42.5 Å². The molecule has 194 valence electrons. The fourth-order valence-corrected chi connectivity index (χ4v) is 4.29. The molecule has 3 rings (SSSR count). The molecule has 0 aliphatic heterocycles. The number of carboxylic acids is 2. The maximum absolute atomic E-state index is 11.1. The molecular formula is C32H36O5. The van der Waals surface area contributed by atoms with Crippen LogP contribution in [-0.2, 0) is 17.6 Å². The zero-order chi connectivity index (χ0) is 26.3. The highest BCUT2D eigenvalue weighted by atomic mass is 16.5. The Balaban J connectivity index is 1.56. The lowest BCUT2D eigenvalue weighted by atomic mass is 9.92. The van der Waals surface area contributed by atoms with E-state index in [2.05, 4.69) is 36.4 Å². The number of unbranched alkanes of at least 4 members (excludes halogenated alkanes) is 2. The first-order valence-corrected chi connectivity index (χ1v) is 13.0. The molecule has 3 aromatic rings. The molecule has 2 N–H and O–H groups in total. The number of hydrogen-bond acceptors (Lipinski definition) is 3. The number of hydrogen-bond donors (Lipinski definition) is 2. The first kappa shape index (κ1) is 27.7. The Hall–Kier alpha value is -3.86. The van der Waals surface area contributed by atoms with Crippen molar-refractivity contribution in [1.82, 2.24) is 0 Å². The molecule has 0 fully saturated rings. The average molecular weight is 501 g/mol. The number of aliphatic carboxylic acids is 1. The first-order valence-electron chi connectivity index (χ1n) is 13.0. The van der Waals surface area contributed by atoms with E-state index in [1.54, 1.807) is 12.1 Å². The fourth-order valence-electron chi connectivity index (χ4n) is 4.29. The number of allylic oxidation sites excluding steroid dienone is 1. The molecule has 0 aliphatic rings. The predicted octanol–water partition coefficient (Wildman–Crippen LogP) is 7.30. The smallest absolute Gasteiger partial charge is 0.335 e. The SMILES string of the molecule is O=C(O)CCCC(/C=C/c1ccccc1OCCCCCc1ccccc1)Cc1ccc(C(=O)O)cc1. The molecule has 5 nitrogen and oxygen atoms in total. The molecule has 37 heavy (non-hydrogen) atoms. The van der Waals surface area contributed by atoms with Crippen molar-refractivity contribution in [1.29, 1.82) is 0 Å². The van der Waals surface area contributed by atoms with Gasteiger partial charge in [0.1, 0.15) is 5.75 Å². The Morgan fingerprint density at radius 1 is 0.784 bits per heavy atom. The molecule has 0 spiro atoms. The summed E-state index contributed by atoms with van der Waals surface area (Å²) in [5.74, 6) is -0.772. The minimum absolute atomic E-state index is 0.126. The van der Waals surface area contributed by atoms with E-state index in [1.165, 1.54) is 5.56 Å². The van der Waals surface area contributed by atoms with E-state index in [9.17, 15) is 9.59 Å². The molecule has 1 unspecified atom stereocenters. The number of ether oxygens (including phenoxy) is 1. The van der Waals surface area contributed by atoms with Crippen LogP contribution in [0, 0.1) is 5.92 Å². The molecule has 0 saturated carbocycles. The van der Waals surface area contributed by atoms with Crippen molar-refractivity contribution in [2.24, 2.45) is 5.92 Å². The van der Waals surface area contributed by atoms with E-state index >= 15 is 0 Å². The number of aryl methyl sites for hydroxylation is 1. The summed E-state index contributed by atoms with van der Waals surface area (Å²) in [5.41, 5.74) is 3.65. The van der Waals surface area contributed by atoms with Crippen LogP contribution >= 0.6 is 0 Å². The molecule has 0 bridgehead atoms. The first-order chi connectivity index (χ1) is 18.0. The second-order valence-electron chi connectivity index (χ2n) is 9.29. The van der Waals surface area contributed by atoms with E-state index in [4.69, 9.17) is 14.9 Å². The predicted molar refractivity (Wildman–Crippen MR) is 147 cm³/mol. The molecular weight excluding hydrogens is 464 g/mol. The van der Waals surface area contributed by atoms with Crippen LogP contribution in [0.2, 0.25) is 0 Å². The second kappa shape index (κ2) is 15.3. The number of carbonyl (C=O) groups is 2. The van der Waals surface area contributed by atoms with Gasteiger partial charge in [0.2, 0.25) is 0 Å². The largest absolute Gasteiger partial charge is 0.493 e. The molecule has 5 heteroatoms. The van der Waals surface area contributed by atoms with Crippen LogP contribution < -0.4 is 4.74 Å². The number of aromatic carboxylic acids is 1. The number of rotatable bonds is 16. The average Bonchev–Trinajstić information content (AvgIpc) is 2.90. The van der Waals surface area contributed by atoms with Gasteiger partial charge < -0.3 is 14.9 Å². The normalized spacial score (nSPS) is 11.9. The standard InChI is InChI=1S/C32H36O5/c33-31(34)16-9-13-26(24-27-18-21-29(22-19-27)32(35)36)17-20-28-14-6-7-15-30(28)37-23-8-2-5-12-25-10-3-1-4-11-25/h1,3-4,6-7,10-11,14-15,17-22,26H,2,5,8-9,12-13,16,23-24H2,(H,33,34)(H,35,36)/b20-17+. The Bertz CT molecular complexity index is 1140. The lowest BCUT2D eigenvalue weighted by Crippen LogP contribution is -2.05. The third-order valence-corrected chi connectivity index (χ3v) is 6.34. The van der Waals surface area contributed by atoms with Crippen molar-refractivity contribution < 1.29 is 24.5 Å². The van der Waals surface area contributed by atoms with Crippen LogP contribution in [0.3, 0.4) is 0 Å². The van der Waals surface area contributed by atoms with E-state index < -0.39 is 11.9 Å². The minimum atomic E-state index is -0.947. The molecule has 0 aromatic heterocycles. The lowest BCUT2D eigenvalue weighted by molar-refractivity contribution is -0.137. The quantitative estimate of drug-likeness (QED) is 0.202. The Labute approximate surface area is 219 Å². The molecule has 0 saturated heterocycles. The maximum atomic E-state index is 11.1. The summed E-state index contributed by atoms with van der Waals surface area (Å²) in [6.07, 6.45) is 10.7. The number of para-hydroxylation sites is 1. The van der Waals surface area contributed by atoms with Crippen LogP contribution in [0.15, 0.2) is 84.9 Å². The summed E-state index contributed by atoms with van der Waals surface area (Å²) in [4.78, 5) is 22.2. The summed E-state index contributed by atoms with van der Waals surface area (Å²) in [6, 6.07) is 25.4. The zero-order valence-electron chi connectivity index (χ0n) is 21.2. The topological polar surface area (TPSA) is 83.8 Å². The van der Waals surface area contributed by atoms with Gasteiger partial charge in [-0.05, 0) is 80.2 Å². The van der Waals surface area contributed by atoms with Crippen molar-refractivity contribution in [3.05, 3.63) is 107 Å². The summed E-state index contributed by atoms with van der Waals surface area (Å²) < 4.78 is 6.10.